The van der Waals surface area contributed by atoms with Crippen molar-refractivity contribution in [2.45, 2.75) is 25.9 Å². The maximum absolute atomic E-state index is 10.1. The second kappa shape index (κ2) is 7.94. The molecule has 1 N–H and O–H groups in total. The van der Waals surface area contributed by atoms with Gasteiger partial charge in [0.1, 0.15) is 5.58 Å². The van der Waals surface area contributed by atoms with E-state index in [1.54, 1.807) is 0 Å². The lowest BCUT2D eigenvalue weighted by Crippen LogP contribution is -2.44. The predicted molar refractivity (Wildman–Crippen MR) is 115 cm³/mol. The Morgan fingerprint density at radius 2 is 1.69 bits per heavy atom. The highest BCUT2D eigenvalue weighted by molar-refractivity contribution is 5.80. The van der Waals surface area contributed by atoms with Crippen LogP contribution in [0.15, 0.2) is 65.3 Å². The second-order valence-corrected chi connectivity index (χ2v) is 8.93. The Kier molecular flexibility index (Phi) is 5.17. The molecule has 1 unspecified atom stereocenters. The van der Waals surface area contributed by atoms with E-state index in [1.807, 2.05) is 18.4 Å². The molecule has 1 atom stereocenters. The molecule has 1 aromatic heterocycles. The summed E-state index contributed by atoms with van der Waals surface area (Å²) in [6.07, 6.45) is 4.25. The number of hydrogen-bond donors (Lipinski definition) is 1. The summed E-state index contributed by atoms with van der Waals surface area (Å²) in [6.45, 7) is 6.55. The van der Waals surface area contributed by atoms with Crippen LogP contribution >= 0.6 is 0 Å². The topological polar surface area (TPSA) is 39.9 Å². The Balaban J connectivity index is 1.23. The Morgan fingerprint density at radius 1 is 0.931 bits per heavy atom. The Hall–Kier alpha value is -2.14. The van der Waals surface area contributed by atoms with Gasteiger partial charge in [-0.3, -0.25) is 9.80 Å². The van der Waals surface area contributed by atoms with Crippen LogP contribution in [0.1, 0.15) is 24.0 Å². The Bertz CT molecular complexity index is 944. The maximum atomic E-state index is 10.1. The highest BCUT2D eigenvalue weighted by Crippen LogP contribution is 2.45. The van der Waals surface area contributed by atoms with Gasteiger partial charge in [-0.15, -0.1) is 0 Å². The van der Waals surface area contributed by atoms with Crippen molar-refractivity contribution < 1.29 is 9.52 Å². The predicted octanol–water partition coefficient (Wildman–Crippen LogP) is 4.14. The minimum atomic E-state index is 0.262. The monoisotopic (exact) mass is 390 g/mol. The number of benzene rings is 2. The molecule has 2 fully saturated rings. The lowest BCUT2D eigenvalue weighted by Gasteiger charge is -2.42. The zero-order valence-electron chi connectivity index (χ0n) is 17.0. The van der Waals surface area contributed by atoms with E-state index in [2.05, 4.69) is 52.3 Å². The second-order valence-electron chi connectivity index (χ2n) is 8.93. The number of nitrogens with zero attached hydrogens (tertiary/aromatic N) is 2. The van der Waals surface area contributed by atoms with Gasteiger partial charge >= 0.3 is 0 Å². The number of fused-ring (bicyclic) bond motifs is 1. The third kappa shape index (κ3) is 3.73. The van der Waals surface area contributed by atoms with Crippen LogP contribution in [-0.4, -0.2) is 47.7 Å². The van der Waals surface area contributed by atoms with Gasteiger partial charge in [0.15, 0.2) is 0 Å². The van der Waals surface area contributed by atoms with Crippen molar-refractivity contribution in [1.82, 2.24) is 9.80 Å². The zero-order valence-corrected chi connectivity index (χ0v) is 17.0. The first-order valence-electron chi connectivity index (χ1n) is 10.8. The first-order valence-corrected chi connectivity index (χ1v) is 10.8. The fourth-order valence-electron chi connectivity index (χ4n) is 5.48. The van der Waals surface area contributed by atoms with Gasteiger partial charge in [-0.25, -0.2) is 0 Å². The van der Waals surface area contributed by atoms with Crippen molar-refractivity contribution in [3.05, 3.63) is 72.0 Å². The summed E-state index contributed by atoms with van der Waals surface area (Å²) >= 11 is 0. The van der Waals surface area contributed by atoms with Gasteiger partial charge in [-0.2, -0.15) is 0 Å². The number of hydrogen-bond acceptors (Lipinski definition) is 4. The van der Waals surface area contributed by atoms with Crippen LogP contribution < -0.4 is 0 Å². The van der Waals surface area contributed by atoms with E-state index in [-0.39, 0.29) is 5.41 Å². The smallest absolute Gasteiger partial charge is 0.134 e. The molecule has 5 rings (SSSR count). The minimum Gasteiger partial charge on any atom is -0.464 e. The summed E-state index contributed by atoms with van der Waals surface area (Å²) in [5.74, 6) is 0.392. The summed E-state index contributed by atoms with van der Waals surface area (Å²) in [5, 5.41) is 11.3. The summed E-state index contributed by atoms with van der Waals surface area (Å²) < 4.78 is 5.72. The van der Waals surface area contributed by atoms with E-state index in [4.69, 9.17) is 4.42 Å². The van der Waals surface area contributed by atoms with Crippen LogP contribution in [0.2, 0.25) is 0 Å². The molecular formula is C25H30N2O2. The molecular weight excluding hydrogens is 360 g/mol. The van der Waals surface area contributed by atoms with Crippen molar-refractivity contribution in [3.63, 3.8) is 0 Å². The SMILES string of the molecule is OCC1CN(Cc2ccccc2)CC12CCN(Cc1coc3ccccc13)CC2. The van der Waals surface area contributed by atoms with Crippen molar-refractivity contribution >= 4 is 11.0 Å². The first-order chi connectivity index (χ1) is 14.3. The number of rotatable bonds is 5. The molecule has 2 aromatic carbocycles. The lowest BCUT2D eigenvalue weighted by atomic mass is 9.71. The highest BCUT2D eigenvalue weighted by atomic mass is 16.3. The molecule has 2 aliphatic heterocycles. The van der Waals surface area contributed by atoms with Gasteiger partial charge in [0, 0.05) is 49.7 Å². The molecule has 152 valence electrons. The number of likely N-dealkylation sites (tertiary alicyclic amines) is 2. The molecule has 2 aliphatic rings. The van der Waals surface area contributed by atoms with E-state index in [1.165, 1.54) is 29.4 Å². The largest absolute Gasteiger partial charge is 0.464 e. The normalized spacial score (nSPS) is 22.6. The first kappa shape index (κ1) is 18.9. The van der Waals surface area contributed by atoms with Crippen molar-refractivity contribution in [1.29, 1.82) is 0 Å². The molecule has 0 saturated carbocycles. The zero-order chi connectivity index (χ0) is 19.7. The van der Waals surface area contributed by atoms with Crippen LogP contribution in [0, 0.1) is 11.3 Å². The molecule has 4 nitrogen and oxygen atoms in total. The molecule has 0 aliphatic carbocycles. The molecule has 4 heteroatoms. The third-order valence-corrected chi connectivity index (χ3v) is 7.16. The van der Waals surface area contributed by atoms with Crippen LogP contribution in [-0.2, 0) is 13.1 Å². The molecule has 2 saturated heterocycles. The average Bonchev–Trinajstić information content (AvgIpc) is 3.32. The fraction of sp³-hybridized carbons (Fsp3) is 0.440. The summed E-state index contributed by atoms with van der Waals surface area (Å²) in [6, 6.07) is 19.0. The quantitative estimate of drug-likeness (QED) is 0.711. The standard InChI is InChI=1S/C25H30N2O2/c28-17-22-16-27(14-20-6-2-1-3-7-20)19-25(22)10-12-26(13-11-25)15-21-18-29-24-9-5-4-8-23(21)24/h1-9,18,22,28H,10-17,19H2. The summed E-state index contributed by atoms with van der Waals surface area (Å²) in [4.78, 5) is 5.10. The number of para-hydroxylation sites is 1. The van der Waals surface area contributed by atoms with Crippen LogP contribution in [0.3, 0.4) is 0 Å². The number of aliphatic hydroxyl groups is 1. The molecule has 0 bridgehead atoms. The third-order valence-electron chi connectivity index (χ3n) is 7.16. The maximum Gasteiger partial charge on any atom is 0.134 e. The molecule has 3 aromatic rings. The molecule has 1 spiro atoms. The van der Waals surface area contributed by atoms with E-state index >= 15 is 0 Å². The van der Waals surface area contributed by atoms with Crippen LogP contribution in [0.5, 0.6) is 0 Å². The average molecular weight is 391 g/mol. The number of furan rings is 1. The molecule has 0 amide bonds. The van der Waals surface area contributed by atoms with E-state index < -0.39 is 0 Å². The van der Waals surface area contributed by atoms with E-state index in [0.29, 0.717) is 12.5 Å². The van der Waals surface area contributed by atoms with Gasteiger partial charge in [0.05, 0.1) is 6.26 Å². The van der Waals surface area contributed by atoms with Gasteiger partial charge < -0.3 is 9.52 Å². The van der Waals surface area contributed by atoms with Gasteiger partial charge in [0.2, 0.25) is 0 Å². The molecule has 29 heavy (non-hydrogen) atoms. The van der Waals surface area contributed by atoms with Gasteiger partial charge in [-0.1, -0.05) is 48.5 Å². The van der Waals surface area contributed by atoms with Crippen molar-refractivity contribution in [3.8, 4) is 0 Å². The van der Waals surface area contributed by atoms with E-state index in [9.17, 15) is 5.11 Å². The fourth-order valence-corrected chi connectivity index (χ4v) is 5.48. The molecule has 3 heterocycles. The summed E-state index contributed by atoms with van der Waals surface area (Å²) in [7, 11) is 0. The van der Waals surface area contributed by atoms with Gasteiger partial charge in [0.25, 0.3) is 0 Å². The van der Waals surface area contributed by atoms with Crippen LogP contribution in [0.25, 0.3) is 11.0 Å². The highest BCUT2D eigenvalue weighted by Gasteiger charge is 2.47. The Labute approximate surface area is 172 Å². The Morgan fingerprint density at radius 3 is 2.48 bits per heavy atom. The van der Waals surface area contributed by atoms with Gasteiger partial charge in [-0.05, 0) is 43.0 Å². The minimum absolute atomic E-state index is 0.262. The van der Waals surface area contributed by atoms with Crippen molar-refractivity contribution in [2.24, 2.45) is 11.3 Å². The lowest BCUT2D eigenvalue weighted by molar-refractivity contribution is 0.0482. The van der Waals surface area contributed by atoms with Crippen LogP contribution in [0.4, 0.5) is 0 Å². The number of piperidine rings is 1. The summed E-state index contributed by atoms with van der Waals surface area (Å²) in [5.41, 5.74) is 3.89. The van der Waals surface area contributed by atoms with E-state index in [0.717, 1.165) is 44.9 Å². The number of aliphatic hydroxyl groups excluding tert-OH is 1. The molecule has 0 radical (unpaired) electrons. The van der Waals surface area contributed by atoms with Crippen molar-refractivity contribution in [2.75, 3.05) is 32.8 Å².